The predicted octanol–water partition coefficient (Wildman–Crippen LogP) is 2.75. The molecule has 0 unspecified atom stereocenters. The normalized spacial score (nSPS) is 14.3. The lowest BCUT2D eigenvalue weighted by Gasteiger charge is -2.49. The highest BCUT2D eigenvalue weighted by atomic mass is 15.7. The van der Waals surface area contributed by atoms with Crippen LogP contribution < -0.4 is 0 Å². The summed E-state index contributed by atoms with van der Waals surface area (Å²) in [6.07, 6.45) is 0. The second kappa shape index (κ2) is 3.97. The van der Waals surface area contributed by atoms with Gasteiger partial charge in [0.15, 0.2) is 0 Å². The van der Waals surface area contributed by atoms with Crippen molar-refractivity contribution in [3.8, 4) is 0 Å². The minimum atomic E-state index is 0.184. The Morgan fingerprint density at radius 2 is 1.15 bits per heavy atom. The zero-order valence-corrected chi connectivity index (χ0v) is 10.6. The predicted molar refractivity (Wildman–Crippen MR) is 59.6 cm³/mol. The fourth-order valence-corrected chi connectivity index (χ4v) is 2.17. The lowest BCUT2D eigenvalue weighted by atomic mass is 9.99. The van der Waals surface area contributed by atoms with Crippen molar-refractivity contribution in [2.45, 2.75) is 59.5 Å². The van der Waals surface area contributed by atoms with E-state index in [-0.39, 0.29) is 11.1 Å². The number of hydrogen-bond donors (Lipinski definition) is 0. The van der Waals surface area contributed by atoms with Crippen LogP contribution in [-0.2, 0) is 0 Å². The van der Waals surface area contributed by atoms with Crippen molar-refractivity contribution in [3.63, 3.8) is 0 Å². The summed E-state index contributed by atoms with van der Waals surface area (Å²) in [6.45, 7) is 16.8. The van der Waals surface area contributed by atoms with Gasteiger partial charge in [0.05, 0.1) is 0 Å². The highest BCUT2D eigenvalue weighted by molar-refractivity contribution is 4.84. The Hall–Kier alpha value is -0.0800. The topological polar surface area (TPSA) is 6.48 Å². The van der Waals surface area contributed by atoms with Crippen LogP contribution in [0, 0.1) is 0 Å². The molecule has 0 aromatic carbocycles. The molecule has 0 bridgehead atoms. The molecular weight excluding hydrogens is 160 g/mol. The number of nitrogens with zero attached hydrogens (tertiary/aromatic N) is 2. The van der Waals surface area contributed by atoms with Crippen molar-refractivity contribution >= 4 is 0 Å². The second-order valence-electron chi connectivity index (χ2n) is 5.63. The smallest absolute Gasteiger partial charge is 0.0278 e. The summed E-state index contributed by atoms with van der Waals surface area (Å²) in [6, 6.07) is 0. The van der Waals surface area contributed by atoms with Crippen LogP contribution >= 0.6 is 0 Å². The highest BCUT2D eigenvalue weighted by Crippen LogP contribution is 2.25. The van der Waals surface area contributed by atoms with E-state index in [0.717, 1.165) is 6.54 Å². The summed E-state index contributed by atoms with van der Waals surface area (Å²) in [4.78, 5) is 0. The number of hydrogen-bond acceptors (Lipinski definition) is 2. The summed E-state index contributed by atoms with van der Waals surface area (Å²) in [7, 11) is 2.15. The van der Waals surface area contributed by atoms with E-state index in [1.165, 1.54) is 0 Å². The highest BCUT2D eigenvalue weighted by Gasteiger charge is 2.33. The number of hydrazine groups is 1. The Bertz CT molecular complexity index is 136. The van der Waals surface area contributed by atoms with Gasteiger partial charge in [0.1, 0.15) is 0 Å². The van der Waals surface area contributed by atoms with E-state index in [2.05, 4.69) is 65.5 Å². The molecule has 0 N–H and O–H groups in total. The Labute approximate surface area is 83.9 Å². The van der Waals surface area contributed by atoms with Crippen LogP contribution in [0.4, 0.5) is 0 Å². The van der Waals surface area contributed by atoms with Crippen molar-refractivity contribution < 1.29 is 0 Å². The molecule has 0 saturated carbocycles. The van der Waals surface area contributed by atoms with Crippen LogP contribution in [-0.4, -0.2) is 34.7 Å². The molecule has 0 saturated heterocycles. The fourth-order valence-electron chi connectivity index (χ4n) is 2.17. The van der Waals surface area contributed by atoms with E-state index in [4.69, 9.17) is 0 Å². The van der Waals surface area contributed by atoms with Gasteiger partial charge in [-0.15, -0.1) is 0 Å². The van der Waals surface area contributed by atoms with Gasteiger partial charge in [-0.3, -0.25) is 0 Å². The van der Waals surface area contributed by atoms with E-state index in [1.807, 2.05) is 0 Å². The molecule has 2 nitrogen and oxygen atoms in total. The van der Waals surface area contributed by atoms with Crippen LogP contribution in [0.3, 0.4) is 0 Å². The molecule has 0 aliphatic rings. The van der Waals surface area contributed by atoms with Crippen molar-refractivity contribution in [2.75, 3.05) is 13.6 Å². The van der Waals surface area contributed by atoms with Gasteiger partial charge < -0.3 is 0 Å². The van der Waals surface area contributed by atoms with Crippen molar-refractivity contribution in [1.29, 1.82) is 0 Å². The Balaban J connectivity index is 4.78. The molecule has 0 fully saturated rings. The first-order valence-corrected chi connectivity index (χ1v) is 5.12. The SMILES string of the molecule is CCN(C)N(C(C)(C)C)C(C)(C)C. The summed E-state index contributed by atoms with van der Waals surface area (Å²) in [5, 5.41) is 4.72. The standard InChI is InChI=1S/C11H26N2/c1-9-12(8)13(10(2,3)4)11(5,6)7/h9H2,1-8H3. The van der Waals surface area contributed by atoms with Crippen LogP contribution in [0.1, 0.15) is 48.5 Å². The molecular formula is C11H26N2. The van der Waals surface area contributed by atoms with Crippen LogP contribution in [0.5, 0.6) is 0 Å². The van der Waals surface area contributed by atoms with Crippen molar-refractivity contribution in [3.05, 3.63) is 0 Å². The zero-order valence-electron chi connectivity index (χ0n) is 10.6. The van der Waals surface area contributed by atoms with Crippen LogP contribution in [0.2, 0.25) is 0 Å². The molecule has 0 aliphatic heterocycles. The molecule has 0 aliphatic carbocycles. The van der Waals surface area contributed by atoms with Gasteiger partial charge in [0.2, 0.25) is 0 Å². The molecule has 0 aromatic heterocycles. The van der Waals surface area contributed by atoms with Gasteiger partial charge in [-0.25, -0.2) is 10.0 Å². The average Bonchev–Trinajstić information content (AvgIpc) is 1.80. The molecule has 80 valence electrons. The molecule has 13 heavy (non-hydrogen) atoms. The lowest BCUT2D eigenvalue weighted by molar-refractivity contribution is -0.132. The van der Waals surface area contributed by atoms with E-state index < -0.39 is 0 Å². The molecule has 0 radical (unpaired) electrons. The van der Waals surface area contributed by atoms with E-state index in [9.17, 15) is 0 Å². The summed E-state index contributed by atoms with van der Waals surface area (Å²) < 4.78 is 0. The monoisotopic (exact) mass is 186 g/mol. The summed E-state index contributed by atoms with van der Waals surface area (Å²) in [5.41, 5.74) is 0.367. The van der Waals surface area contributed by atoms with Gasteiger partial charge in [0, 0.05) is 24.7 Å². The van der Waals surface area contributed by atoms with Crippen molar-refractivity contribution in [2.24, 2.45) is 0 Å². The molecule has 0 spiro atoms. The first-order valence-electron chi connectivity index (χ1n) is 5.12. The maximum absolute atomic E-state index is 2.43. The van der Waals surface area contributed by atoms with Gasteiger partial charge in [-0.1, -0.05) is 6.92 Å². The summed E-state index contributed by atoms with van der Waals surface area (Å²) in [5.74, 6) is 0. The first kappa shape index (κ1) is 12.9. The maximum atomic E-state index is 2.43. The molecule has 0 rings (SSSR count). The fraction of sp³-hybridized carbons (Fsp3) is 1.00. The van der Waals surface area contributed by atoms with Gasteiger partial charge in [0.25, 0.3) is 0 Å². The van der Waals surface area contributed by atoms with E-state index >= 15 is 0 Å². The lowest BCUT2D eigenvalue weighted by Crippen LogP contribution is -2.59. The third-order valence-corrected chi connectivity index (χ3v) is 2.07. The zero-order chi connectivity index (χ0) is 10.9. The second-order valence-corrected chi connectivity index (χ2v) is 5.63. The van der Waals surface area contributed by atoms with E-state index in [0.29, 0.717) is 0 Å². The maximum Gasteiger partial charge on any atom is 0.0278 e. The molecule has 0 atom stereocenters. The Morgan fingerprint density at radius 1 is 0.846 bits per heavy atom. The third kappa shape index (κ3) is 3.65. The van der Waals surface area contributed by atoms with Gasteiger partial charge >= 0.3 is 0 Å². The quantitative estimate of drug-likeness (QED) is 0.612. The summed E-state index contributed by atoms with van der Waals surface area (Å²) >= 11 is 0. The Morgan fingerprint density at radius 3 is 1.23 bits per heavy atom. The Kier molecular flexibility index (Phi) is 3.95. The minimum absolute atomic E-state index is 0.184. The first-order chi connectivity index (χ1) is 5.60. The third-order valence-electron chi connectivity index (χ3n) is 2.07. The van der Waals surface area contributed by atoms with Crippen LogP contribution in [0.25, 0.3) is 0 Å². The van der Waals surface area contributed by atoms with Crippen LogP contribution in [0.15, 0.2) is 0 Å². The molecule has 0 amide bonds. The van der Waals surface area contributed by atoms with Crippen molar-refractivity contribution in [1.82, 2.24) is 10.0 Å². The number of rotatable bonds is 2. The van der Waals surface area contributed by atoms with E-state index in [1.54, 1.807) is 0 Å². The van der Waals surface area contributed by atoms with Gasteiger partial charge in [-0.2, -0.15) is 0 Å². The molecule has 0 aromatic rings. The molecule has 0 heterocycles. The molecule has 2 heteroatoms. The minimum Gasteiger partial charge on any atom is -0.244 e. The largest absolute Gasteiger partial charge is 0.244 e. The van der Waals surface area contributed by atoms with Gasteiger partial charge in [-0.05, 0) is 41.5 Å². The average molecular weight is 186 g/mol.